The van der Waals surface area contributed by atoms with Gasteiger partial charge in [0.05, 0.1) is 11.8 Å². The maximum absolute atomic E-state index is 8.58. The summed E-state index contributed by atoms with van der Waals surface area (Å²) in [7, 11) is 0. The highest BCUT2D eigenvalue weighted by molar-refractivity contribution is 6.10. The van der Waals surface area contributed by atoms with Gasteiger partial charge in [-0.05, 0) is 37.8 Å². The van der Waals surface area contributed by atoms with Crippen LogP contribution in [0, 0.1) is 22.7 Å². The van der Waals surface area contributed by atoms with Gasteiger partial charge in [-0.1, -0.05) is 6.07 Å². The number of rotatable bonds is 4. The van der Waals surface area contributed by atoms with Crippen molar-refractivity contribution in [2.45, 2.75) is 31.8 Å². The number of nitrogens with zero attached hydrogens (tertiary/aromatic N) is 3. The number of hydrogen-bond donors (Lipinski definition) is 1. The number of hydrogen-bond acceptors (Lipinski definition) is 5. The highest BCUT2D eigenvalue weighted by Gasteiger charge is 2.16. The predicted molar refractivity (Wildman–Crippen MR) is 71.6 cm³/mol. The number of anilines is 1. The third-order valence-electron chi connectivity index (χ3n) is 2.95. The molecule has 1 aliphatic carbocycles. The van der Waals surface area contributed by atoms with Crippen LogP contribution in [-0.4, -0.2) is 11.8 Å². The van der Waals surface area contributed by atoms with E-state index >= 15 is 0 Å². The van der Waals surface area contributed by atoms with Crippen LogP contribution in [0.25, 0.3) is 0 Å². The lowest BCUT2D eigenvalue weighted by Crippen LogP contribution is -2.10. The molecule has 1 aliphatic rings. The van der Waals surface area contributed by atoms with Crippen molar-refractivity contribution < 1.29 is 4.74 Å². The van der Waals surface area contributed by atoms with E-state index in [0.717, 1.165) is 18.6 Å². The third-order valence-corrected chi connectivity index (χ3v) is 2.95. The molecule has 1 aromatic rings. The van der Waals surface area contributed by atoms with Gasteiger partial charge in [0, 0.05) is 6.07 Å². The van der Waals surface area contributed by atoms with Crippen LogP contribution in [0.5, 0.6) is 5.75 Å². The normalized spacial score (nSPS) is 14.2. The summed E-state index contributed by atoms with van der Waals surface area (Å²) in [4.78, 5) is 0. The van der Waals surface area contributed by atoms with Gasteiger partial charge in [-0.15, -0.1) is 0 Å². The second kappa shape index (κ2) is 6.42. The van der Waals surface area contributed by atoms with Crippen LogP contribution in [0.2, 0.25) is 0 Å². The Hall–Kier alpha value is -2.53. The van der Waals surface area contributed by atoms with Gasteiger partial charge in [-0.25, -0.2) is 0 Å². The molecule has 0 heterocycles. The van der Waals surface area contributed by atoms with E-state index < -0.39 is 0 Å². The van der Waals surface area contributed by atoms with Crippen LogP contribution in [0.4, 0.5) is 5.69 Å². The molecule has 0 aromatic heterocycles. The Morgan fingerprint density at radius 3 is 2.68 bits per heavy atom. The van der Waals surface area contributed by atoms with Gasteiger partial charge >= 0.3 is 0 Å². The van der Waals surface area contributed by atoms with E-state index in [-0.39, 0.29) is 5.71 Å². The summed E-state index contributed by atoms with van der Waals surface area (Å²) in [5, 5.41) is 20.9. The lowest BCUT2D eigenvalue weighted by molar-refractivity contribution is 0.210. The first kappa shape index (κ1) is 12.9. The third kappa shape index (κ3) is 3.72. The average Bonchev–Trinajstić information content (AvgIpc) is 2.93. The number of ether oxygens (including phenoxy) is 1. The second-order valence-corrected chi connectivity index (χ2v) is 4.35. The van der Waals surface area contributed by atoms with Crippen molar-refractivity contribution in [2.24, 2.45) is 5.10 Å². The zero-order valence-corrected chi connectivity index (χ0v) is 10.5. The van der Waals surface area contributed by atoms with Crippen molar-refractivity contribution in [1.82, 2.24) is 0 Å². The summed E-state index contributed by atoms with van der Waals surface area (Å²) >= 11 is 0. The molecule has 19 heavy (non-hydrogen) atoms. The van der Waals surface area contributed by atoms with Gasteiger partial charge < -0.3 is 4.74 Å². The van der Waals surface area contributed by atoms with Crippen molar-refractivity contribution in [3.05, 3.63) is 24.3 Å². The van der Waals surface area contributed by atoms with Gasteiger partial charge in [-0.3, -0.25) is 5.43 Å². The van der Waals surface area contributed by atoms with E-state index in [1.54, 1.807) is 18.2 Å². The highest BCUT2D eigenvalue weighted by atomic mass is 16.5. The Balaban J connectivity index is 2.01. The molecule has 5 heteroatoms. The van der Waals surface area contributed by atoms with Crippen LogP contribution < -0.4 is 10.2 Å². The molecular formula is C14H14N4O. The quantitative estimate of drug-likeness (QED) is 0.661. The largest absolute Gasteiger partial charge is 0.490 e. The van der Waals surface area contributed by atoms with E-state index in [1.807, 2.05) is 18.2 Å². The molecule has 0 saturated heterocycles. The fraction of sp³-hybridized carbons (Fsp3) is 0.357. The summed E-state index contributed by atoms with van der Waals surface area (Å²) in [5.41, 5.74) is 3.16. The minimum atomic E-state index is -0.206. The lowest BCUT2D eigenvalue weighted by Gasteiger charge is -2.13. The number of nitrogens with one attached hydrogen (secondary N) is 1. The minimum absolute atomic E-state index is 0.206. The van der Waals surface area contributed by atoms with Crippen molar-refractivity contribution in [3.63, 3.8) is 0 Å². The van der Waals surface area contributed by atoms with Gasteiger partial charge in [0.15, 0.2) is 0 Å². The fourth-order valence-electron chi connectivity index (χ4n) is 2.03. The van der Waals surface area contributed by atoms with Gasteiger partial charge in [0.2, 0.25) is 5.71 Å². The monoisotopic (exact) mass is 254 g/mol. The van der Waals surface area contributed by atoms with Gasteiger partial charge in [-0.2, -0.15) is 15.6 Å². The molecule has 5 nitrogen and oxygen atoms in total. The topological polar surface area (TPSA) is 81.2 Å². The fourth-order valence-corrected chi connectivity index (χ4v) is 2.03. The standard InChI is InChI=1S/C14H14N4O/c15-9-12(10-16)18-17-11-4-3-7-14(8-11)19-13-5-1-2-6-13/h3-4,7-8,13,17H,1-2,5-6H2. The van der Waals surface area contributed by atoms with E-state index in [2.05, 4.69) is 10.5 Å². The number of nitriles is 2. The molecular weight excluding hydrogens is 240 g/mol. The summed E-state index contributed by atoms with van der Waals surface area (Å²) < 4.78 is 5.86. The summed E-state index contributed by atoms with van der Waals surface area (Å²) in [6.07, 6.45) is 4.94. The Kier molecular flexibility index (Phi) is 4.36. The molecule has 0 spiro atoms. The minimum Gasteiger partial charge on any atom is -0.490 e. The Morgan fingerprint density at radius 2 is 2.00 bits per heavy atom. The molecule has 1 N–H and O–H groups in total. The molecule has 0 bridgehead atoms. The Labute approximate surface area is 112 Å². The summed E-state index contributed by atoms with van der Waals surface area (Å²) in [6.45, 7) is 0. The SMILES string of the molecule is N#CC(C#N)=NNc1cccc(OC2CCCC2)c1. The first-order chi connectivity index (χ1) is 9.31. The van der Waals surface area contributed by atoms with Crippen LogP contribution in [0.1, 0.15) is 25.7 Å². The van der Waals surface area contributed by atoms with Crippen molar-refractivity contribution >= 4 is 11.4 Å². The molecule has 0 aliphatic heterocycles. The van der Waals surface area contributed by atoms with Crippen LogP contribution in [0.15, 0.2) is 29.4 Å². The molecule has 1 aromatic carbocycles. The molecule has 2 rings (SSSR count). The average molecular weight is 254 g/mol. The Bertz CT molecular complexity index is 531. The first-order valence-electron chi connectivity index (χ1n) is 6.22. The van der Waals surface area contributed by atoms with Gasteiger partial charge in [0.1, 0.15) is 17.9 Å². The molecule has 1 saturated carbocycles. The van der Waals surface area contributed by atoms with E-state index in [0.29, 0.717) is 11.8 Å². The smallest absolute Gasteiger partial charge is 0.237 e. The summed E-state index contributed by atoms with van der Waals surface area (Å²) in [6, 6.07) is 10.7. The van der Waals surface area contributed by atoms with Crippen LogP contribution >= 0.6 is 0 Å². The number of benzene rings is 1. The van der Waals surface area contributed by atoms with Crippen molar-refractivity contribution in [3.8, 4) is 17.9 Å². The molecule has 0 amide bonds. The van der Waals surface area contributed by atoms with Crippen LogP contribution in [0.3, 0.4) is 0 Å². The second-order valence-electron chi connectivity index (χ2n) is 4.35. The summed E-state index contributed by atoms with van der Waals surface area (Å²) in [5.74, 6) is 0.780. The maximum Gasteiger partial charge on any atom is 0.237 e. The molecule has 0 atom stereocenters. The van der Waals surface area contributed by atoms with Crippen molar-refractivity contribution in [2.75, 3.05) is 5.43 Å². The molecule has 0 unspecified atom stereocenters. The van der Waals surface area contributed by atoms with Crippen molar-refractivity contribution in [1.29, 1.82) is 10.5 Å². The first-order valence-corrected chi connectivity index (χ1v) is 6.22. The number of hydrazone groups is 1. The zero-order valence-electron chi connectivity index (χ0n) is 10.5. The van der Waals surface area contributed by atoms with E-state index in [1.165, 1.54) is 12.8 Å². The lowest BCUT2D eigenvalue weighted by atomic mass is 10.3. The van der Waals surface area contributed by atoms with Gasteiger partial charge in [0.25, 0.3) is 0 Å². The van der Waals surface area contributed by atoms with E-state index in [4.69, 9.17) is 15.3 Å². The molecule has 96 valence electrons. The highest BCUT2D eigenvalue weighted by Crippen LogP contribution is 2.25. The van der Waals surface area contributed by atoms with E-state index in [9.17, 15) is 0 Å². The predicted octanol–water partition coefficient (Wildman–Crippen LogP) is 2.82. The molecule has 0 radical (unpaired) electrons. The maximum atomic E-state index is 8.58. The molecule has 1 fully saturated rings. The van der Waals surface area contributed by atoms with Crippen LogP contribution in [-0.2, 0) is 0 Å². The Morgan fingerprint density at radius 1 is 1.26 bits per heavy atom. The zero-order chi connectivity index (χ0) is 13.5.